The summed E-state index contributed by atoms with van der Waals surface area (Å²) in [6, 6.07) is 10.1. The molecule has 0 N–H and O–H groups in total. The fraction of sp³-hybridized carbons (Fsp3) is 0.263. The second-order valence-corrected chi connectivity index (χ2v) is 5.99. The molecule has 29 heavy (non-hydrogen) atoms. The molecule has 0 saturated carbocycles. The summed E-state index contributed by atoms with van der Waals surface area (Å²) in [5, 5.41) is 14.6. The summed E-state index contributed by atoms with van der Waals surface area (Å²) in [5.41, 5.74) is 1.37. The van der Waals surface area contributed by atoms with Crippen LogP contribution in [-0.2, 0) is 15.9 Å². The van der Waals surface area contributed by atoms with Gasteiger partial charge in [-0.15, -0.1) is 0 Å². The van der Waals surface area contributed by atoms with Gasteiger partial charge in [-0.3, -0.25) is 10.1 Å². The summed E-state index contributed by atoms with van der Waals surface area (Å²) in [6.45, 7) is 2.36. The molecule has 0 aliphatic heterocycles. The van der Waals surface area contributed by atoms with Crippen LogP contribution in [0.5, 0.6) is 0 Å². The Morgan fingerprint density at radius 3 is 2.72 bits per heavy atom. The normalized spacial score (nSPS) is 10.7. The van der Waals surface area contributed by atoms with E-state index in [0.29, 0.717) is 35.7 Å². The summed E-state index contributed by atoms with van der Waals surface area (Å²) in [7, 11) is 0. The summed E-state index contributed by atoms with van der Waals surface area (Å²) >= 11 is 0. The Labute approximate surface area is 165 Å². The van der Waals surface area contributed by atoms with Crippen LogP contribution in [0.25, 0.3) is 11.5 Å². The first kappa shape index (κ1) is 20.1. The van der Waals surface area contributed by atoms with E-state index in [1.54, 1.807) is 31.2 Å². The molecule has 0 bridgehead atoms. The van der Waals surface area contributed by atoms with Crippen molar-refractivity contribution in [2.45, 2.75) is 13.3 Å². The molecule has 150 valence electrons. The van der Waals surface area contributed by atoms with Crippen LogP contribution in [0.3, 0.4) is 0 Å². The highest BCUT2D eigenvalue weighted by atomic mass is 16.6. The Morgan fingerprint density at radius 1 is 1.21 bits per heavy atom. The second kappa shape index (κ2) is 9.51. The first-order valence-electron chi connectivity index (χ1n) is 8.78. The van der Waals surface area contributed by atoms with Gasteiger partial charge in [0.15, 0.2) is 0 Å². The van der Waals surface area contributed by atoms with Crippen LogP contribution >= 0.6 is 0 Å². The van der Waals surface area contributed by atoms with E-state index in [2.05, 4.69) is 15.1 Å². The molecule has 3 rings (SSSR count). The molecule has 10 heteroatoms. The smallest absolute Gasteiger partial charge is 0.338 e. The van der Waals surface area contributed by atoms with Gasteiger partial charge in [-0.05, 0) is 24.6 Å². The monoisotopic (exact) mass is 398 g/mol. The summed E-state index contributed by atoms with van der Waals surface area (Å²) < 4.78 is 15.7. The molecule has 3 aromatic rings. The molecular formula is C19H18N4O6. The SMILES string of the molecule is Cc1cc([N+](=O)[O-])cnc1-c1noc(CCOCCOC(=O)c2ccccc2)n1. The summed E-state index contributed by atoms with van der Waals surface area (Å²) in [5.74, 6) is 0.201. The van der Waals surface area contributed by atoms with E-state index >= 15 is 0 Å². The summed E-state index contributed by atoms with van der Waals surface area (Å²) in [4.78, 5) is 30.3. The number of rotatable bonds is 9. The maximum absolute atomic E-state index is 11.8. The van der Waals surface area contributed by atoms with Gasteiger partial charge in [-0.25, -0.2) is 9.78 Å². The van der Waals surface area contributed by atoms with Gasteiger partial charge < -0.3 is 14.0 Å². The van der Waals surface area contributed by atoms with Crippen molar-refractivity contribution in [2.24, 2.45) is 0 Å². The maximum atomic E-state index is 11.8. The van der Waals surface area contributed by atoms with Gasteiger partial charge in [0.25, 0.3) is 5.69 Å². The largest absolute Gasteiger partial charge is 0.460 e. The lowest BCUT2D eigenvalue weighted by Crippen LogP contribution is -2.11. The second-order valence-electron chi connectivity index (χ2n) is 5.99. The number of hydrogen-bond donors (Lipinski definition) is 0. The number of pyridine rings is 1. The van der Waals surface area contributed by atoms with Crippen molar-refractivity contribution in [2.75, 3.05) is 19.8 Å². The van der Waals surface area contributed by atoms with Gasteiger partial charge in [0, 0.05) is 6.07 Å². The molecule has 0 atom stereocenters. The van der Waals surface area contributed by atoms with Crippen LogP contribution < -0.4 is 0 Å². The van der Waals surface area contributed by atoms with E-state index < -0.39 is 10.9 Å². The van der Waals surface area contributed by atoms with Gasteiger partial charge in [-0.2, -0.15) is 4.98 Å². The Hall–Kier alpha value is -3.66. The number of nitrogens with zero attached hydrogens (tertiary/aromatic N) is 4. The Balaban J connectivity index is 1.42. The van der Waals surface area contributed by atoms with Crippen LogP contribution in [-0.4, -0.2) is 45.8 Å². The number of carbonyl (C=O) groups is 1. The van der Waals surface area contributed by atoms with Crippen LogP contribution in [0.2, 0.25) is 0 Å². The minimum atomic E-state index is -0.514. The molecule has 0 aliphatic rings. The number of aromatic nitrogens is 3. The van der Waals surface area contributed by atoms with Gasteiger partial charge >= 0.3 is 5.97 Å². The quantitative estimate of drug-likeness (QED) is 0.231. The highest BCUT2D eigenvalue weighted by molar-refractivity contribution is 5.89. The third kappa shape index (κ3) is 5.42. The van der Waals surface area contributed by atoms with Crippen molar-refractivity contribution in [3.63, 3.8) is 0 Å². The Bertz CT molecular complexity index is 989. The zero-order chi connectivity index (χ0) is 20.6. The third-order valence-corrected chi connectivity index (χ3v) is 3.89. The lowest BCUT2D eigenvalue weighted by Gasteiger charge is -2.05. The molecule has 1 aromatic carbocycles. The highest BCUT2D eigenvalue weighted by Gasteiger charge is 2.16. The number of ether oxygens (including phenoxy) is 2. The van der Waals surface area contributed by atoms with Crippen molar-refractivity contribution in [1.82, 2.24) is 15.1 Å². The van der Waals surface area contributed by atoms with Gasteiger partial charge in [0.2, 0.25) is 11.7 Å². The fourth-order valence-corrected chi connectivity index (χ4v) is 2.46. The molecular weight excluding hydrogens is 380 g/mol. The van der Waals surface area contributed by atoms with E-state index in [0.717, 1.165) is 6.20 Å². The van der Waals surface area contributed by atoms with Gasteiger partial charge in [-0.1, -0.05) is 23.4 Å². The number of benzene rings is 1. The van der Waals surface area contributed by atoms with Crippen LogP contribution in [0.4, 0.5) is 5.69 Å². The van der Waals surface area contributed by atoms with Crippen molar-refractivity contribution in [3.8, 4) is 11.5 Å². The average Bonchev–Trinajstić information content (AvgIpc) is 3.19. The zero-order valence-corrected chi connectivity index (χ0v) is 15.6. The molecule has 0 unspecified atom stereocenters. The Morgan fingerprint density at radius 2 is 2.00 bits per heavy atom. The van der Waals surface area contributed by atoms with E-state index in [9.17, 15) is 14.9 Å². The number of nitro groups is 1. The molecule has 0 fully saturated rings. The molecule has 0 aliphatic carbocycles. The predicted octanol–water partition coefficient (Wildman–Crippen LogP) is 2.76. The molecule has 2 heterocycles. The van der Waals surface area contributed by atoms with Gasteiger partial charge in [0.05, 0.1) is 30.1 Å². The molecule has 0 radical (unpaired) electrons. The minimum absolute atomic E-state index is 0.101. The average molecular weight is 398 g/mol. The number of hydrogen-bond acceptors (Lipinski definition) is 9. The Kier molecular flexibility index (Phi) is 6.59. The predicted molar refractivity (Wildman–Crippen MR) is 100 cm³/mol. The molecule has 0 spiro atoms. The van der Waals surface area contributed by atoms with E-state index in [1.807, 2.05) is 6.07 Å². The zero-order valence-electron chi connectivity index (χ0n) is 15.6. The van der Waals surface area contributed by atoms with E-state index in [4.69, 9.17) is 14.0 Å². The fourth-order valence-electron chi connectivity index (χ4n) is 2.46. The van der Waals surface area contributed by atoms with Crippen molar-refractivity contribution in [3.05, 3.63) is 69.7 Å². The minimum Gasteiger partial charge on any atom is -0.460 e. The lowest BCUT2D eigenvalue weighted by molar-refractivity contribution is -0.385. The van der Waals surface area contributed by atoms with Crippen LogP contribution in [0.15, 0.2) is 47.1 Å². The first-order chi connectivity index (χ1) is 14.0. The van der Waals surface area contributed by atoms with Crippen LogP contribution in [0.1, 0.15) is 21.8 Å². The van der Waals surface area contributed by atoms with Crippen molar-refractivity contribution < 1.29 is 23.7 Å². The number of aryl methyl sites for hydroxylation is 1. The standard InChI is InChI=1S/C19H18N4O6/c1-13-11-15(23(25)26)12-20-17(13)18-21-16(29-22-18)7-8-27-9-10-28-19(24)14-5-3-2-4-6-14/h2-6,11-12H,7-10H2,1H3. The molecule has 2 aromatic heterocycles. The van der Waals surface area contributed by atoms with E-state index in [-0.39, 0.29) is 24.7 Å². The van der Waals surface area contributed by atoms with Gasteiger partial charge in [0.1, 0.15) is 18.5 Å². The highest BCUT2D eigenvalue weighted by Crippen LogP contribution is 2.21. The van der Waals surface area contributed by atoms with Crippen molar-refractivity contribution in [1.29, 1.82) is 0 Å². The number of esters is 1. The van der Waals surface area contributed by atoms with Crippen molar-refractivity contribution >= 4 is 11.7 Å². The lowest BCUT2D eigenvalue weighted by atomic mass is 10.2. The molecule has 10 nitrogen and oxygen atoms in total. The molecule has 0 amide bonds. The third-order valence-electron chi connectivity index (χ3n) is 3.89. The first-order valence-corrected chi connectivity index (χ1v) is 8.78. The molecule has 0 saturated heterocycles. The van der Waals surface area contributed by atoms with E-state index in [1.165, 1.54) is 6.07 Å². The topological polar surface area (TPSA) is 130 Å². The number of carbonyl (C=O) groups excluding carboxylic acids is 1. The maximum Gasteiger partial charge on any atom is 0.338 e. The summed E-state index contributed by atoms with van der Waals surface area (Å²) in [6.07, 6.45) is 1.52. The van der Waals surface area contributed by atoms with Crippen LogP contribution in [0, 0.1) is 17.0 Å².